The number of benzene rings is 1. The van der Waals surface area contributed by atoms with Gasteiger partial charge in [-0.15, -0.1) is 0 Å². The van der Waals surface area contributed by atoms with Crippen molar-refractivity contribution in [2.45, 2.75) is 6.42 Å². The van der Waals surface area contributed by atoms with Crippen molar-refractivity contribution in [1.29, 1.82) is 5.26 Å². The van der Waals surface area contributed by atoms with E-state index in [1.165, 1.54) is 0 Å². The fourth-order valence-electron chi connectivity index (χ4n) is 1.13. The van der Waals surface area contributed by atoms with Gasteiger partial charge in [-0.3, -0.25) is 15.6 Å². The molecular formula is C12H13N3O2. The van der Waals surface area contributed by atoms with Gasteiger partial charge in [-0.25, -0.2) is 0 Å². The average Bonchev–Trinajstić information content (AvgIpc) is 2.36. The van der Waals surface area contributed by atoms with E-state index in [1.54, 1.807) is 25.3 Å². The number of carbonyl (C=O) groups excluding carboxylic acids is 1. The number of hydrogen-bond acceptors (Lipinski definition) is 4. The van der Waals surface area contributed by atoms with Gasteiger partial charge >= 0.3 is 0 Å². The Morgan fingerprint density at radius 2 is 2.06 bits per heavy atom. The molecule has 0 unspecified atom stereocenters. The summed E-state index contributed by atoms with van der Waals surface area (Å²) in [5.74, 6) is 0.345. The third-order valence-corrected chi connectivity index (χ3v) is 2.03. The van der Waals surface area contributed by atoms with E-state index in [2.05, 4.69) is 17.4 Å². The van der Waals surface area contributed by atoms with E-state index in [1.807, 2.05) is 12.1 Å². The maximum atomic E-state index is 11.0. The molecule has 0 aliphatic heterocycles. The predicted molar refractivity (Wildman–Crippen MR) is 63.5 cm³/mol. The van der Waals surface area contributed by atoms with Gasteiger partial charge in [-0.1, -0.05) is 6.58 Å². The minimum atomic E-state index is -0.401. The molecule has 1 amide bonds. The van der Waals surface area contributed by atoms with Crippen LogP contribution in [0.15, 0.2) is 30.8 Å². The molecular weight excluding hydrogens is 218 g/mol. The normalized spacial score (nSPS) is 8.94. The van der Waals surface area contributed by atoms with E-state index in [9.17, 15) is 4.79 Å². The lowest BCUT2D eigenvalue weighted by Crippen LogP contribution is -2.35. The number of nitrogens with zero attached hydrogens (tertiary/aromatic N) is 1. The molecule has 0 saturated heterocycles. The fraction of sp³-hybridized carbons (Fsp3) is 0.167. The van der Waals surface area contributed by atoms with E-state index in [4.69, 9.17) is 10.00 Å². The second-order valence-corrected chi connectivity index (χ2v) is 3.22. The predicted octanol–water partition coefficient (Wildman–Crippen LogP) is 1.20. The molecule has 1 aromatic carbocycles. The third-order valence-electron chi connectivity index (χ3n) is 2.03. The molecule has 17 heavy (non-hydrogen) atoms. The number of ether oxygens (including phenoxy) is 1. The van der Waals surface area contributed by atoms with Crippen molar-refractivity contribution in [3.05, 3.63) is 36.4 Å². The standard InChI is InChI=1S/C12H13N3O2/c1-9(14-15-12(16)7-8-13)10-3-5-11(17-2)6-4-10/h3-6,14H,1,7H2,2H3,(H,15,16). The summed E-state index contributed by atoms with van der Waals surface area (Å²) in [6.45, 7) is 3.76. The van der Waals surface area contributed by atoms with Gasteiger partial charge in [0.2, 0.25) is 0 Å². The Labute approximate surface area is 99.7 Å². The molecule has 0 aliphatic rings. The zero-order valence-electron chi connectivity index (χ0n) is 9.49. The lowest BCUT2D eigenvalue weighted by atomic mass is 10.2. The summed E-state index contributed by atoms with van der Waals surface area (Å²) in [6, 6.07) is 8.95. The molecule has 0 atom stereocenters. The zero-order valence-corrected chi connectivity index (χ0v) is 9.49. The van der Waals surface area contributed by atoms with Crippen LogP contribution in [0.25, 0.3) is 5.70 Å². The number of nitriles is 1. The van der Waals surface area contributed by atoms with E-state index in [-0.39, 0.29) is 6.42 Å². The van der Waals surface area contributed by atoms with Crippen molar-refractivity contribution >= 4 is 11.6 Å². The van der Waals surface area contributed by atoms with Crippen LogP contribution in [0.2, 0.25) is 0 Å². The maximum Gasteiger partial charge on any atom is 0.252 e. The van der Waals surface area contributed by atoms with Crippen molar-refractivity contribution < 1.29 is 9.53 Å². The number of carbonyl (C=O) groups is 1. The molecule has 0 fully saturated rings. The van der Waals surface area contributed by atoms with Crippen LogP contribution in [0.5, 0.6) is 5.75 Å². The highest BCUT2D eigenvalue weighted by Gasteiger charge is 2.01. The lowest BCUT2D eigenvalue weighted by Gasteiger charge is -2.10. The highest BCUT2D eigenvalue weighted by molar-refractivity contribution is 5.78. The quantitative estimate of drug-likeness (QED) is 0.747. The summed E-state index contributed by atoms with van der Waals surface area (Å²) >= 11 is 0. The fourth-order valence-corrected chi connectivity index (χ4v) is 1.13. The molecule has 0 aliphatic carbocycles. The first-order valence-electron chi connectivity index (χ1n) is 4.92. The Hall–Kier alpha value is -2.48. The molecule has 0 spiro atoms. The second-order valence-electron chi connectivity index (χ2n) is 3.22. The van der Waals surface area contributed by atoms with Gasteiger partial charge < -0.3 is 4.74 Å². The number of rotatable bonds is 5. The summed E-state index contributed by atoms with van der Waals surface area (Å²) in [5, 5.41) is 8.30. The van der Waals surface area contributed by atoms with Gasteiger partial charge in [0.05, 0.1) is 18.9 Å². The van der Waals surface area contributed by atoms with Crippen molar-refractivity contribution in [2.24, 2.45) is 0 Å². The number of hydrogen-bond donors (Lipinski definition) is 2. The summed E-state index contributed by atoms with van der Waals surface area (Å²) < 4.78 is 5.02. The van der Waals surface area contributed by atoms with E-state index < -0.39 is 5.91 Å². The minimum absolute atomic E-state index is 0.192. The molecule has 1 aromatic rings. The largest absolute Gasteiger partial charge is 0.497 e. The van der Waals surface area contributed by atoms with Crippen LogP contribution < -0.4 is 15.6 Å². The highest BCUT2D eigenvalue weighted by Crippen LogP contribution is 2.14. The molecule has 0 radical (unpaired) electrons. The van der Waals surface area contributed by atoms with Crippen molar-refractivity contribution in [3.63, 3.8) is 0 Å². The minimum Gasteiger partial charge on any atom is -0.497 e. The molecule has 0 bridgehead atoms. The average molecular weight is 231 g/mol. The lowest BCUT2D eigenvalue weighted by molar-refractivity contribution is -0.120. The van der Waals surface area contributed by atoms with Crippen LogP contribution in [-0.2, 0) is 4.79 Å². The molecule has 5 nitrogen and oxygen atoms in total. The molecule has 0 saturated carbocycles. The van der Waals surface area contributed by atoms with Gasteiger partial charge in [0.15, 0.2) is 0 Å². The van der Waals surface area contributed by atoms with Gasteiger partial charge in [-0.2, -0.15) is 5.26 Å². The van der Waals surface area contributed by atoms with Crippen LogP contribution in [0.1, 0.15) is 12.0 Å². The topological polar surface area (TPSA) is 74.1 Å². The summed E-state index contributed by atoms with van der Waals surface area (Å²) in [6.07, 6.45) is -0.192. The van der Waals surface area contributed by atoms with Gasteiger partial charge in [0.25, 0.3) is 5.91 Å². The first-order valence-corrected chi connectivity index (χ1v) is 4.92. The highest BCUT2D eigenvalue weighted by atomic mass is 16.5. The van der Waals surface area contributed by atoms with Crippen LogP contribution in [0, 0.1) is 11.3 Å². The van der Waals surface area contributed by atoms with E-state index in [0.717, 1.165) is 11.3 Å². The van der Waals surface area contributed by atoms with Crippen molar-refractivity contribution in [3.8, 4) is 11.8 Å². The molecule has 5 heteroatoms. The first-order chi connectivity index (χ1) is 8.17. The van der Waals surface area contributed by atoms with Crippen LogP contribution >= 0.6 is 0 Å². The smallest absolute Gasteiger partial charge is 0.252 e. The van der Waals surface area contributed by atoms with Crippen LogP contribution in [0.4, 0.5) is 0 Å². The van der Waals surface area contributed by atoms with Gasteiger partial charge in [0.1, 0.15) is 12.2 Å². The second kappa shape index (κ2) is 6.18. The van der Waals surface area contributed by atoms with Crippen molar-refractivity contribution in [1.82, 2.24) is 10.9 Å². The molecule has 1 rings (SSSR count). The SMILES string of the molecule is C=C(NNC(=O)CC#N)c1ccc(OC)cc1. The number of amides is 1. The van der Waals surface area contributed by atoms with Crippen LogP contribution in [0.3, 0.4) is 0 Å². The zero-order chi connectivity index (χ0) is 12.7. The Morgan fingerprint density at radius 3 is 2.59 bits per heavy atom. The number of nitrogens with one attached hydrogen (secondary N) is 2. The van der Waals surface area contributed by atoms with E-state index in [0.29, 0.717) is 5.70 Å². The molecule has 0 aromatic heterocycles. The maximum absolute atomic E-state index is 11.0. The Bertz CT molecular complexity index is 446. The van der Waals surface area contributed by atoms with Crippen molar-refractivity contribution in [2.75, 3.05) is 7.11 Å². The summed E-state index contributed by atoms with van der Waals surface area (Å²) in [4.78, 5) is 11.0. The number of hydrazine groups is 1. The number of methoxy groups -OCH3 is 1. The van der Waals surface area contributed by atoms with E-state index >= 15 is 0 Å². The molecule has 2 N–H and O–H groups in total. The monoisotopic (exact) mass is 231 g/mol. The Balaban J connectivity index is 2.52. The molecule has 88 valence electrons. The Morgan fingerprint density at radius 1 is 1.41 bits per heavy atom. The summed E-state index contributed by atoms with van der Waals surface area (Å²) in [5.41, 5.74) is 6.37. The van der Waals surface area contributed by atoms with Gasteiger partial charge in [0, 0.05) is 0 Å². The third kappa shape index (κ3) is 3.87. The first kappa shape index (κ1) is 12.6. The Kier molecular flexibility index (Phi) is 4.58. The summed E-state index contributed by atoms with van der Waals surface area (Å²) in [7, 11) is 1.59. The molecule has 0 heterocycles. The van der Waals surface area contributed by atoms with Crippen LogP contribution in [-0.4, -0.2) is 13.0 Å². The van der Waals surface area contributed by atoms with Gasteiger partial charge in [-0.05, 0) is 29.8 Å².